The molecule has 0 saturated heterocycles. The summed E-state index contributed by atoms with van der Waals surface area (Å²) in [5, 5.41) is 0. The number of halogens is 1. The van der Waals surface area contributed by atoms with Gasteiger partial charge in [-0.2, -0.15) is 0 Å². The van der Waals surface area contributed by atoms with Crippen molar-refractivity contribution in [2.75, 3.05) is 5.73 Å². The Kier molecular flexibility index (Phi) is 5.03. The first-order valence-corrected chi connectivity index (χ1v) is 8.90. The quantitative estimate of drug-likeness (QED) is 0.795. The summed E-state index contributed by atoms with van der Waals surface area (Å²) in [7, 11) is -3.41. The van der Waals surface area contributed by atoms with Crippen LogP contribution < -0.4 is 10.5 Å². The molecule has 6 heteroatoms. The Bertz CT molecular complexity index is 697. The summed E-state index contributed by atoms with van der Waals surface area (Å²) in [6.45, 7) is 1.82. The van der Waals surface area contributed by atoms with Crippen LogP contribution in [0.25, 0.3) is 0 Å². The molecule has 2 rings (SSSR count). The molecule has 0 radical (unpaired) electrons. The van der Waals surface area contributed by atoms with Crippen molar-refractivity contribution in [2.24, 2.45) is 0 Å². The summed E-state index contributed by atoms with van der Waals surface area (Å²) in [6, 6.07) is 14.1. The average molecular weight is 369 g/mol. The highest BCUT2D eigenvalue weighted by atomic mass is 79.9. The van der Waals surface area contributed by atoms with Gasteiger partial charge in [0.2, 0.25) is 10.0 Å². The lowest BCUT2D eigenvalue weighted by molar-refractivity contribution is 0.566. The average Bonchev–Trinajstić information content (AvgIpc) is 2.41. The van der Waals surface area contributed by atoms with Gasteiger partial charge >= 0.3 is 0 Å². The predicted molar refractivity (Wildman–Crippen MR) is 89.2 cm³/mol. The second-order valence-corrected chi connectivity index (χ2v) is 7.56. The minimum Gasteiger partial charge on any atom is -0.399 e. The molecular weight excluding hydrogens is 352 g/mol. The first-order chi connectivity index (χ1) is 9.85. The highest BCUT2D eigenvalue weighted by Gasteiger charge is 2.16. The lowest BCUT2D eigenvalue weighted by atomic mass is 10.1. The van der Waals surface area contributed by atoms with Gasteiger partial charge in [-0.3, -0.25) is 0 Å². The largest absolute Gasteiger partial charge is 0.399 e. The van der Waals surface area contributed by atoms with Crippen molar-refractivity contribution >= 4 is 31.6 Å². The number of nitrogens with one attached hydrogen (secondary N) is 1. The third kappa shape index (κ3) is 4.84. The van der Waals surface area contributed by atoms with E-state index in [-0.39, 0.29) is 11.8 Å². The van der Waals surface area contributed by atoms with E-state index in [0.29, 0.717) is 11.3 Å². The molecule has 0 heterocycles. The van der Waals surface area contributed by atoms with Crippen molar-refractivity contribution in [1.29, 1.82) is 0 Å². The monoisotopic (exact) mass is 368 g/mol. The lowest BCUT2D eigenvalue weighted by Crippen LogP contribution is -2.28. The lowest BCUT2D eigenvalue weighted by Gasteiger charge is -2.15. The summed E-state index contributed by atoms with van der Waals surface area (Å²) >= 11 is 3.36. The van der Waals surface area contributed by atoms with Crippen molar-refractivity contribution in [2.45, 2.75) is 18.7 Å². The SMILES string of the molecule is CC(NS(=O)(=O)Cc1ccc(N)cc1)c1ccc(Br)cc1. The zero-order valence-corrected chi connectivity index (χ0v) is 14.0. The molecule has 0 bridgehead atoms. The minimum absolute atomic E-state index is 0.0614. The fraction of sp³-hybridized carbons (Fsp3) is 0.200. The van der Waals surface area contributed by atoms with Crippen molar-refractivity contribution in [3.8, 4) is 0 Å². The van der Waals surface area contributed by atoms with Crippen LogP contribution in [0.3, 0.4) is 0 Å². The number of anilines is 1. The smallest absolute Gasteiger partial charge is 0.216 e. The van der Waals surface area contributed by atoms with Crippen LogP contribution in [0.1, 0.15) is 24.1 Å². The van der Waals surface area contributed by atoms with Gasteiger partial charge in [0.15, 0.2) is 0 Å². The second-order valence-electron chi connectivity index (χ2n) is 4.89. The summed E-state index contributed by atoms with van der Waals surface area (Å²) in [5.74, 6) is -0.0614. The molecule has 2 aromatic rings. The van der Waals surface area contributed by atoms with E-state index in [4.69, 9.17) is 5.73 Å². The topological polar surface area (TPSA) is 72.2 Å². The molecule has 0 aliphatic heterocycles. The van der Waals surface area contributed by atoms with Gasteiger partial charge in [0, 0.05) is 16.2 Å². The van der Waals surface area contributed by atoms with E-state index in [1.807, 2.05) is 31.2 Å². The first-order valence-electron chi connectivity index (χ1n) is 6.45. The summed E-state index contributed by atoms with van der Waals surface area (Å²) < 4.78 is 28.0. The second kappa shape index (κ2) is 6.60. The van der Waals surface area contributed by atoms with Crippen LogP contribution in [0.5, 0.6) is 0 Å². The van der Waals surface area contributed by atoms with Crippen LogP contribution in [-0.2, 0) is 15.8 Å². The summed E-state index contributed by atoms with van der Waals surface area (Å²) in [4.78, 5) is 0. The maximum Gasteiger partial charge on any atom is 0.216 e. The fourth-order valence-corrected chi connectivity index (χ4v) is 3.62. The zero-order chi connectivity index (χ0) is 15.5. The van der Waals surface area contributed by atoms with Gasteiger partial charge in [-0.1, -0.05) is 40.2 Å². The molecule has 1 unspecified atom stereocenters. The molecule has 1 atom stereocenters. The first kappa shape index (κ1) is 16.0. The van der Waals surface area contributed by atoms with E-state index >= 15 is 0 Å². The molecule has 112 valence electrons. The van der Waals surface area contributed by atoms with E-state index in [9.17, 15) is 8.42 Å². The number of hydrogen-bond donors (Lipinski definition) is 2. The highest BCUT2D eigenvalue weighted by Crippen LogP contribution is 2.18. The van der Waals surface area contributed by atoms with E-state index in [1.54, 1.807) is 24.3 Å². The summed E-state index contributed by atoms with van der Waals surface area (Å²) in [5.41, 5.74) is 7.83. The van der Waals surface area contributed by atoms with Crippen LogP contribution in [0.15, 0.2) is 53.0 Å². The Hall–Kier alpha value is -1.37. The number of hydrogen-bond acceptors (Lipinski definition) is 3. The highest BCUT2D eigenvalue weighted by molar-refractivity contribution is 9.10. The van der Waals surface area contributed by atoms with E-state index < -0.39 is 10.0 Å². The van der Waals surface area contributed by atoms with Crippen LogP contribution in [0.4, 0.5) is 5.69 Å². The molecule has 0 fully saturated rings. The summed E-state index contributed by atoms with van der Waals surface area (Å²) in [6.07, 6.45) is 0. The number of sulfonamides is 1. The molecular formula is C15H17BrN2O2S. The number of rotatable bonds is 5. The third-order valence-electron chi connectivity index (χ3n) is 3.06. The van der Waals surface area contributed by atoms with Crippen LogP contribution in [0, 0.1) is 0 Å². The van der Waals surface area contributed by atoms with Crippen LogP contribution >= 0.6 is 15.9 Å². The van der Waals surface area contributed by atoms with Gasteiger partial charge in [-0.05, 0) is 42.3 Å². The Balaban J connectivity index is 2.06. The van der Waals surface area contributed by atoms with E-state index in [0.717, 1.165) is 10.0 Å². The van der Waals surface area contributed by atoms with Crippen molar-refractivity contribution in [1.82, 2.24) is 4.72 Å². The van der Waals surface area contributed by atoms with Crippen LogP contribution in [-0.4, -0.2) is 8.42 Å². The van der Waals surface area contributed by atoms with Gasteiger partial charge in [0.1, 0.15) is 0 Å². The van der Waals surface area contributed by atoms with Crippen molar-refractivity contribution < 1.29 is 8.42 Å². The van der Waals surface area contributed by atoms with Gasteiger partial charge in [0.25, 0.3) is 0 Å². The molecule has 2 aromatic carbocycles. The molecule has 0 aliphatic rings. The fourth-order valence-electron chi connectivity index (χ4n) is 1.96. The predicted octanol–water partition coefficient (Wildman–Crippen LogP) is 3.21. The van der Waals surface area contributed by atoms with Crippen molar-refractivity contribution in [3.05, 3.63) is 64.1 Å². The minimum atomic E-state index is -3.41. The van der Waals surface area contributed by atoms with Gasteiger partial charge in [-0.25, -0.2) is 13.1 Å². The van der Waals surface area contributed by atoms with Gasteiger partial charge in [-0.15, -0.1) is 0 Å². The molecule has 0 amide bonds. The third-order valence-corrected chi connectivity index (χ3v) is 5.02. The molecule has 0 spiro atoms. The zero-order valence-electron chi connectivity index (χ0n) is 11.6. The van der Waals surface area contributed by atoms with E-state index in [2.05, 4.69) is 20.7 Å². The normalized spacial score (nSPS) is 13.0. The van der Waals surface area contributed by atoms with E-state index in [1.165, 1.54) is 0 Å². The maximum atomic E-state index is 12.2. The molecule has 0 saturated carbocycles. The Morgan fingerprint density at radius 2 is 1.67 bits per heavy atom. The molecule has 0 aromatic heterocycles. The van der Waals surface area contributed by atoms with Crippen LogP contribution in [0.2, 0.25) is 0 Å². The number of benzene rings is 2. The Labute approximate surface area is 133 Å². The number of nitrogens with two attached hydrogens (primary N) is 1. The molecule has 21 heavy (non-hydrogen) atoms. The molecule has 4 nitrogen and oxygen atoms in total. The molecule has 3 N–H and O–H groups in total. The Morgan fingerprint density at radius 3 is 2.24 bits per heavy atom. The van der Waals surface area contributed by atoms with Crippen molar-refractivity contribution in [3.63, 3.8) is 0 Å². The van der Waals surface area contributed by atoms with Gasteiger partial charge in [0.05, 0.1) is 5.75 Å². The molecule has 0 aliphatic carbocycles. The standard InChI is InChI=1S/C15H17BrN2O2S/c1-11(13-4-6-14(16)7-5-13)18-21(19,20)10-12-2-8-15(17)9-3-12/h2-9,11,18H,10,17H2,1H3. The van der Waals surface area contributed by atoms with Gasteiger partial charge < -0.3 is 5.73 Å². The maximum absolute atomic E-state index is 12.2. The Morgan fingerprint density at radius 1 is 1.10 bits per heavy atom. The number of nitrogen functional groups attached to an aromatic ring is 1.